The molecule has 1 aliphatic rings. The van der Waals surface area contributed by atoms with Gasteiger partial charge in [-0.3, -0.25) is 0 Å². The van der Waals surface area contributed by atoms with E-state index < -0.39 is 14.8 Å². The average Bonchev–Trinajstić information content (AvgIpc) is 2.98. The van der Waals surface area contributed by atoms with Crippen LogP contribution in [0, 0.1) is 11.8 Å². The molecule has 1 atom stereocenters. The van der Waals surface area contributed by atoms with Crippen molar-refractivity contribution in [3.05, 3.63) is 0 Å². The van der Waals surface area contributed by atoms with E-state index in [1.807, 2.05) is 13.8 Å². The Kier molecular flexibility index (Phi) is 4.84. The summed E-state index contributed by atoms with van der Waals surface area (Å²) in [7, 11) is -3.38. The number of nitrogens with zero attached hydrogens (tertiary/aromatic N) is 1. The Morgan fingerprint density at radius 3 is 2.06 bits per heavy atom. The van der Waals surface area contributed by atoms with E-state index in [1.165, 1.54) is 0 Å². The van der Waals surface area contributed by atoms with Crippen molar-refractivity contribution in [3.63, 3.8) is 0 Å². The highest BCUT2D eigenvalue weighted by Crippen LogP contribution is 2.34. The lowest BCUT2D eigenvalue weighted by molar-refractivity contribution is 0.146. The summed E-state index contributed by atoms with van der Waals surface area (Å²) in [5, 5.41) is 9.52. The quantitative estimate of drug-likeness (QED) is 0.806. The molecule has 0 radical (unpaired) electrons. The van der Waals surface area contributed by atoms with Gasteiger partial charge in [0.2, 0.25) is 10.0 Å². The van der Waals surface area contributed by atoms with Crippen molar-refractivity contribution in [2.45, 2.75) is 58.2 Å². The van der Waals surface area contributed by atoms with Gasteiger partial charge in [-0.05, 0) is 45.4 Å². The minimum atomic E-state index is -3.38. The zero-order valence-electron chi connectivity index (χ0n) is 12.2. The summed E-state index contributed by atoms with van der Waals surface area (Å²) in [6, 6.07) is -0.310. The summed E-state index contributed by atoms with van der Waals surface area (Å²) >= 11 is 0. The lowest BCUT2D eigenvalue weighted by Gasteiger charge is -2.37. The SMILES string of the molecule is CC(C)[C@@H](CO)N(CC1CC1)S(=O)(=O)C(C)(C)C. The van der Waals surface area contributed by atoms with Gasteiger partial charge < -0.3 is 5.11 Å². The maximum absolute atomic E-state index is 12.6. The molecule has 0 spiro atoms. The lowest BCUT2D eigenvalue weighted by atomic mass is 10.1. The van der Waals surface area contributed by atoms with E-state index in [2.05, 4.69) is 0 Å². The Bertz CT molecular complexity index is 366. The summed E-state index contributed by atoms with van der Waals surface area (Å²) in [4.78, 5) is 0. The maximum atomic E-state index is 12.6. The zero-order valence-corrected chi connectivity index (χ0v) is 13.0. The number of aliphatic hydroxyl groups is 1. The topological polar surface area (TPSA) is 57.6 Å². The highest BCUT2D eigenvalue weighted by Gasteiger charge is 2.42. The van der Waals surface area contributed by atoms with Crippen LogP contribution in [0.15, 0.2) is 0 Å². The van der Waals surface area contributed by atoms with Gasteiger partial charge in [0.15, 0.2) is 0 Å². The van der Waals surface area contributed by atoms with Crippen LogP contribution in [0.2, 0.25) is 0 Å². The number of sulfonamides is 1. The molecule has 0 aliphatic heterocycles. The van der Waals surface area contributed by atoms with Crippen LogP contribution in [0.5, 0.6) is 0 Å². The Hall–Kier alpha value is -0.130. The van der Waals surface area contributed by atoms with Gasteiger partial charge in [0.25, 0.3) is 0 Å². The van der Waals surface area contributed by atoms with Crippen molar-refractivity contribution in [1.29, 1.82) is 0 Å². The van der Waals surface area contributed by atoms with Gasteiger partial charge >= 0.3 is 0 Å². The van der Waals surface area contributed by atoms with Gasteiger partial charge in [0.05, 0.1) is 17.4 Å². The summed E-state index contributed by atoms with van der Waals surface area (Å²) in [5.41, 5.74) is 0. The Balaban J connectivity index is 3.03. The van der Waals surface area contributed by atoms with Crippen molar-refractivity contribution in [1.82, 2.24) is 4.31 Å². The Morgan fingerprint density at radius 2 is 1.78 bits per heavy atom. The van der Waals surface area contributed by atoms with Crippen LogP contribution in [0.4, 0.5) is 0 Å². The summed E-state index contributed by atoms with van der Waals surface area (Å²) in [6.45, 7) is 9.52. The molecule has 0 unspecified atom stereocenters. The first-order valence-electron chi connectivity index (χ1n) is 6.73. The standard InChI is InChI=1S/C13H27NO3S/c1-10(2)12(9-15)14(8-11-6-7-11)18(16,17)13(3,4)5/h10-12,15H,6-9H2,1-5H3/t12-/m1/s1. The average molecular weight is 277 g/mol. The highest BCUT2D eigenvalue weighted by atomic mass is 32.2. The fraction of sp³-hybridized carbons (Fsp3) is 1.00. The summed E-state index contributed by atoms with van der Waals surface area (Å²) in [6.07, 6.45) is 2.21. The molecule has 0 aromatic rings. The molecule has 1 aliphatic carbocycles. The number of hydrogen-bond donors (Lipinski definition) is 1. The number of hydrogen-bond acceptors (Lipinski definition) is 3. The Labute approximate surface area is 111 Å². The molecule has 1 saturated carbocycles. The van der Waals surface area contributed by atoms with E-state index in [0.717, 1.165) is 12.8 Å². The van der Waals surface area contributed by atoms with E-state index in [-0.39, 0.29) is 18.6 Å². The van der Waals surface area contributed by atoms with E-state index in [9.17, 15) is 13.5 Å². The van der Waals surface area contributed by atoms with Crippen LogP contribution in [-0.4, -0.2) is 41.8 Å². The minimum absolute atomic E-state index is 0.111. The minimum Gasteiger partial charge on any atom is -0.395 e. The predicted octanol–water partition coefficient (Wildman–Crippen LogP) is 1.84. The van der Waals surface area contributed by atoms with Crippen LogP contribution in [-0.2, 0) is 10.0 Å². The summed E-state index contributed by atoms with van der Waals surface area (Å²) in [5.74, 6) is 0.598. The van der Waals surface area contributed by atoms with Gasteiger partial charge in [-0.1, -0.05) is 13.8 Å². The third-order valence-electron chi connectivity index (χ3n) is 3.54. The summed E-state index contributed by atoms with van der Waals surface area (Å²) < 4.78 is 26.0. The molecular formula is C13H27NO3S. The predicted molar refractivity (Wildman–Crippen MR) is 73.8 cm³/mol. The first kappa shape index (κ1) is 15.9. The molecule has 0 aromatic heterocycles. The molecule has 0 bridgehead atoms. The van der Waals surface area contributed by atoms with Crippen molar-refractivity contribution < 1.29 is 13.5 Å². The van der Waals surface area contributed by atoms with Crippen molar-refractivity contribution in [2.75, 3.05) is 13.2 Å². The van der Waals surface area contributed by atoms with Crippen LogP contribution < -0.4 is 0 Å². The second-order valence-corrected chi connectivity index (χ2v) is 9.27. The van der Waals surface area contributed by atoms with E-state index >= 15 is 0 Å². The van der Waals surface area contributed by atoms with Gasteiger partial charge in [-0.15, -0.1) is 0 Å². The van der Waals surface area contributed by atoms with Gasteiger partial charge in [0, 0.05) is 6.54 Å². The molecule has 18 heavy (non-hydrogen) atoms. The van der Waals surface area contributed by atoms with Crippen molar-refractivity contribution in [2.24, 2.45) is 11.8 Å². The first-order chi connectivity index (χ1) is 8.11. The second kappa shape index (κ2) is 5.47. The number of rotatable bonds is 6. The van der Waals surface area contributed by atoms with Crippen LogP contribution in [0.1, 0.15) is 47.5 Å². The third kappa shape index (κ3) is 3.45. The van der Waals surface area contributed by atoms with E-state index in [1.54, 1.807) is 25.1 Å². The molecule has 0 heterocycles. The van der Waals surface area contributed by atoms with Crippen LogP contribution in [0.25, 0.3) is 0 Å². The maximum Gasteiger partial charge on any atom is 0.219 e. The fourth-order valence-electron chi connectivity index (χ4n) is 1.95. The monoisotopic (exact) mass is 277 g/mol. The van der Waals surface area contributed by atoms with E-state index in [4.69, 9.17) is 0 Å². The van der Waals surface area contributed by atoms with Gasteiger partial charge in [-0.2, -0.15) is 4.31 Å². The molecule has 1 N–H and O–H groups in total. The normalized spacial score (nSPS) is 19.6. The molecular weight excluding hydrogens is 250 g/mol. The van der Waals surface area contributed by atoms with Crippen molar-refractivity contribution in [3.8, 4) is 0 Å². The molecule has 4 nitrogen and oxygen atoms in total. The van der Waals surface area contributed by atoms with Gasteiger partial charge in [-0.25, -0.2) is 8.42 Å². The Morgan fingerprint density at radius 1 is 1.28 bits per heavy atom. The fourth-order valence-corrected chi connectivity index (χ4v) is 3.73. The van der Waals surface area contributed by atoms with Crippen molar-refractivity contribution >= 4 is 10.0 Å². The molecule has 0 amide bonds. The zero-order chi connectivity index (χ0) is 14.1. The molecule has 108 valence electrons. The first-order valence-corrected chi connectivity index (χ1v) is 8.17. The van der Waals surface area contributed by atoms with E-state index in [0.29, 0.717) is 12.5 Å². The molecule has 0 saturated heterocycles. The smallest absolute Gasteiger partial charge is 0.219 e. The highest BCUT2D eigenvalue weighted by molar-refractivity contribution is 7.90. The van der Waals surface area contributed by atoms with Crippen LogP contribution in [0.3, 0.4) is 0 Å². The molecule has 1 rings (SSSR count). The lowest BCUT2D eigenvalue weighted by Crippen LogP contribution is -2.52. The molecule has 0 aromatic carbocycles. The third-order valence-corrected chi connectivity index (χ3v) is 6.13. The molecule has 1 fully saturated rings. The van der Waals surface area contributed by atoms with Crippen LogP contribution >= 0.6 is 0 Å². The largest absolute Gasteiger partial charge is 0.395 e. The second-order valence-electron chi connectivity index (χ2n) is 6.62. The van der Waals surface area contributed by atoms with Gasteiger partial charge in [0.1, 0.15) is 0 Å². The number of aliphatic hydroxyl groups excluding tert-OH is 1. The molecule has 5 heteroatoms.